The highest BCUT2D eigenvalue weighted by molar-refractivity contribution is 6.30. The zero-order chi connectivity index (χ0) is 10.6. The fraction of sp³-hybridized carbons (Fsp3) is 0.300. The maximum Gasteiger partial charge on any atom is 0.219 e. The molecule has 2 nitrogen and oxygen atoms in total. The molecule has 0 aliphatic rings. The van der Waals surface area contributed by atoms with E-state index in [1.807, 2.05) is 0 Å². The molecule has 0 saturated heterocycles. The highest BCUT2D eigenvalue weighted by Gasteiger charge is 2.01. The van der Waals surface area contributed by atoms with Crippen LogP contribution in [0.2, 0.25) is 5.02 Å². The van der Waals surface area contributed by atoms with Gasteiger partial charge in [0.05, 0.1) is 5.02 Å². The van der Waals surface area contributed by atoms with Crippen molar-refractivity contribution in [2.24, 2.45) is 0 Å². The van der Waals surface area contributed by atoms with Crippen molar-refractivity contribution in [3.8, 4) is 0 Å². The summed E-state index contributed by atoms with van der Waals surface area (Å²) in [5.41, 5.74) is 0.790. The van der Waals surface area contributed by atoms with Gasteiger partial charge in [0.1, 0.15) is 5.82 Å². The Hall–Kier alpha value is -1.09. The highest BCUT2D eigenvalue weighted by atomic mass is 35.5. The minimum Gasteiger partial charge on any atom is -0.352 e. The number of nitrogens with one attached hydrogen (secondary N) is 1. The topological polar surface area (TPSA) is 29.1 Å². The molecular formula is C10H11ClFNO. The van der Waals surface area contributed by atoms with E-state index in [4.69, 9.17) is 11.6 Å². The number of carbonyl (C=O) groups excluding carboxylic acids is 1. The van der Waals surface area contributed by atoms with Crippen LogP contribution < -0.4 is 5.32 Å². The van der Waals surface area contributed by atoms with Gasteiger partial charge in [-0.25, -0.2) is 4.39 Å². The molecular weight excluding hydrogens is 205 g/mol. The lowest BCUT2D eigenvalue weighted by Crippen LogP contribution is -2.21. The van der Waals surface area contributed by atoms with Crippen LogP contribution in [0, 0.1) is 5.82 Å². The summed E-state index contributed by atoms with van der Waals surface area (Å²) in [6.07, 6.45) is 0.439. The predicted octanol–water partition coefficient (Wildman–Crippen LogP) is 2.51. The van der Waals surface area contributed by atoms with Gasteiger partial charge >= 0.3 is 0 Å². The summed E-state index contributed by atoms with van der Waals surface area (Å²) in [4.78, 5) is 10.9. The Morgan fingerprint density at radius 2 is 2.29 bits per heavy atom. The van der Waals surface area contributed by atoms with E-state index in [9.17, 15) is 9.18 Å². The summed E-state index contributed by atoms with van der Waals surface area (Å²) < 4.78 is 12.7. The summed E-state index contributed by atoms with van der Waals surface area (Å²) in [5.74, 6) is -0.484. The van der Waals surface area contributed by atoms with Gasteiger partial charge in [0.15, 0.2) is 0 Å². The number of carbonyl (C=O) groups is 1. The molecule has 76 valence electrons. The maximum absolute atomic E-state index is 12.7. The van der Waals surface area contributed by atoms with Gasteiger partial charge in [-0.1, -0.05) is 24.6 Å². The van der Waals surface area contributed by atoms with Crippen LogP contribution in [-0.4, -0.2) is 5.91 Å². The molecule has 0 aliphatic heterocycles. The summed E-state index contributed by atoms with van der Waals surface area (Å²) >= 11 is 5.58. The standard InChI is InChI=1S/C10H11ClFNO/c1-2-10(14)13-6-7-3-4-9(12)8(11)5-7/h3-5H,2,6H2,1H3,(H,13,14). The second-order valence-electron chi connectivity index (χ2n) is 2.88. The quantitative estimate of drug-likeness (QED) is 0.825. The Morgan fingerprint density at radius 3 is 2.86 bits per heavy atom. The molecule has 1 rings (SSSR count). The molecule has 0 aromatic heterocycles. The molecule has 4 heteroatoms. The van der Waals surface area contributed by atoms with Crippen molar-refractivity contribution < 1.29 is 9.18 Å². The Morgan fingerprint density at radius 1 is 1.57 bits per heavy atom. The van der Waals surface area contributed by atoms with Gasteiger partial charge < -0.3 is 5.32 Å². The Bertz CT molecular complexity index is 341. The van der Waals surface area contributed by atoms with Crippen molar-refractivity contribution in [3.63, 3.8) is 0 Å². The van der Waals surface area contributed by atoms with Crippen molar-refractivity contribution >= 4 is 17.5 Å². The minimum atomic E-state index is -0.447. The van der Waals surface area contributed by atoms with Crippen molar-refractivity contribution in [1.82, 2.24) is 5.32 Å². The van der Waals surface area contributed by atoms with E-state index in [0.717, 1.165) is 5.56 Å². The molecule has 0 radical (unpaired) electrons. The third-order valence-corrected chi connectivity index (χ3v) is 2.08. The summed E-state index contributed by atoms with van der Waals surface area (Å²) in [7, 11) is 0. The van der Waals surface area contributed by atoms with E-state index in [2.05, 4.69) is 5.32 Å². The number of benzene rings is 1. The van der Waals surface area contributed by atoms with E-state index in [0.29, 0.717) is 13.0 Å². The number of halogens is 2. The van der Waals surface area contributed by atoms with Crippen LogP contribution >= 0.6 is 11.6 Å². The van der Waals surface area contributed by atoms with Gasteiger partial charge in [-0.2, -0.15) is 0 Å². The van der Waals surface area contributed by atoms with E-state index >= 15 is 0 Å². The Labute approximate surface area is 87.1 Å². The van der Waals surface area contributed by atoms with Crippen LogP contribution in [-0.2, 0) is 11.3 Å². The van der Waals surface area contributed by atoms with E-state index in [1.165, 1.54) is 12.1 Å². The zero-order valence-electron chi connectivity index (χ0n) is 7.81. The molecule has 0 fully saturated rings. The Kier molecular flexibility index (Phi) is 3.89. The molecule has 0 unspecified atom stereocenters. The molecule has 0 saturated carbocycles. The van der Waals surface area contributed by atoms with Crippen molar-refractivity contribution in [2.45, 2.75) is 19.9 Å². The molecule has 0 atom stereocenters. The molecule has 0 bridgehead atoms. The van der Waals surface area contributed by atoms with Crippen LogP contribution in [0.5, 0.6) is 0 Å². The number of hydrogen-bond donors (Lipinski definition) is 1. The second-order valence-corrected chi connectivity index (χ2v) is 3.29. The van der Waals surface area contributed by atoms with Gasteiger partial charge in [0.25, 0.3) is 0 Å². The monoisotopic (exact) mass is 215 g/mol. The summed E-state index contributed by atoms with van der Waals surface area (Å²) in [6, 6.07) is 4.39. The first-order valence-corrected chi connectivity index (χ1v) is 4.72. The second kappa shape index (κ2) is 4.96. The molecule has 1 aromatic carbocycles. The largest absolute Gasteiger partial charge is 0.352 e. The van der Waals surface area contributed by atoms with Gasteiger partial charge in [-0.15, -0.1) is 0 Å². The van der Waals surface area contributed by atoms with Crippen LogP contribution in [0.25, 0.3) is 0 Å². The van der Waals surface area contributed by atoms with Crippen LogP contribution in [0.1, 0.15) is 18.9 Å². The first-order valence-electron chi connectivity index (χ1n) is 4.34. The van der Waals surface area contributed by atoms with Crippen LogP contribution in [0.15, 0.2) is 18.2 Å². The molecule has 0 spiro atoms. The zero-order valence-corrected chi connectivity index (χ0v) is 8.57. The Balaban J connectivity index is 2.60. The molecule has 1 amide bonds. The number of rotatable bonds is 3. The average Bonchev–Trinajstić information content (AvgIpc) is 2.19. The van der Waals surface area contributed by atoms with Crippen molar-refractivity contribution in [2.75, 3.05) is 0 Å². The predicted molar refractivity (Wildman–Crippen MR) is 53.5 cm³/mol. The molecule has 1 N–H and O–H groups in total. The smallest absolute Gasteiger partial charge is 0.219 e. The normalized spacial score (nSPS) is 9.93. The van der Waals surface area contributed by atoms with Gasteiger partial charge in [-0.3, -0.25) is 4.79 Å². The lowest BCUT2D eigenvalue weighted by Gasteiger charge is -2.04. The average molecular weight is 216 g/mol. The molecule has 0 heterocycles. The number of amides is 1. The third kappa shape index (κ3) is 3.00. The minimum absolute atomic E-state index is 0.0366. The van der Waals surface area contributed by atoms with Crippen molar-refractivity contribution in [3.05, 3.63) is 34.6 Å². The van der Waals surface area contributed by atoms with E-state index in [-0.39, 0.29) is 10.9 Å². The lowest BCUT2D eigenvalue weighted by atomic mass is 10.2. The fourth-order valence-corrected chi connectivity index (χ4v) is 1.18. The number of hydrogen-bond acceptors (Lipinski definition) is 1. The van der Waals surface area contributed by atoms with Gasteiger partial charge in [0, 0.05) is 13.0 Å². The van der Waals surface area contributed by atoms with E-state index < -0.39 is 5.82 Å². The maximum atomic E-state index is 12.7. The van der Waals surface area contributed by atoms with Crippen LogP contribution in [0.3, 0.4) is 0 Å². The molecule has 14 heavy (non-hydrogen) atoms. The first-order chi connectivity index (χ1) is 6.63. The molecule has 1 aromatic rings. The third-order valence-electron chi connectivity index (χ3n) is 1.79. The SMILES string of the molecule is CCC(=O)NCc1ccc(F)c(Cl)c1. The molecule has 0 aliphatic carbocycles. The highest BCUT2D eigenvalue weighted by Crippen LogP contribution is 2.15. The summed E-state index contributed by atoms with van der Waals surface area (Å²) in [5, 5.41) is 2.75. The first kappa shape index (κ1) is 11.0. The van der Waals surface area contributed by atoms with E-state index in [1.54, 1.807) is 13.0 Å². The fourth-order valence-electron chi connectivity index (χ4n) is 0.975. The summed E-state index contributed by atoms with van der Waals surface area (Å²) in [6.45, 7) is 2.15. The van der Waals surface area contributed by atoms with Crippen LogP contribution in [0.4, 0.5) is 4.39 Å². The van der Waals surface area contributed by atoms with Gasteiger partial charge in [0.2, 0.25) is 5.91 Å². The lowest BCUT2D eigenvalue weighted by molar-refractivity contribution is -0.120. The van der Waals surface area contributed by atoms with Crippen molar-refractivity contribution in [1.29, 1.82) is 0 Å². The van der Waals surface area contributed by atoms with Gasteiger partial charge in [-0.05, 0) is 17.7 Å².